The van der Waals surface area contributed by atoms with Gasteiger partial charge in [0.2, 0.25) is 5.79 Å². The van der Waals surface area contributed by atoms with Crippen LogP contribution in [0.3, 0.4) is 0 Å². The van der Waals surface area contributed by atoms with Gasteiger partial charge >= 0.3 is 0 Å². The van der Waals surface area contributed by atoms with E-state index in [-0.39, 0.29) is 24.8 Å². The van der Waals surface area contributed by atoms with Crippen LogP contribution < -0.4 is 0 Å². The molecule has 8 heteroatoms. The number of thiol groups is 1. The molecule has 2 aromatic rings. The van der Waals surface area contributed by atoms with Crippen LogP contribution in [0.15, 0.2) is 30.9 Å². The Morgan fingerprint density at radius 1 is 1.43 bits per heavy atom. The Hall–Kier alpha value is -1.51. The molecule has 0 radical (unpaired) electrons. The second-order valence-electron chi connectivity index (χ2n) is 4.70. The van der Waals surface area contributed by atoms with Crippen molar-refractivity contribution in [2.24, 2.45) is 0 Å². The van der Waals surface area contributed by atoms with Gasteiger partial charge in [-0.05, 0) is 12.1 Å². The van der Waals surface area contributed by atoms with Gasteiger partial charge in [-0.15, -0.1) is 0 Å². The summed E-state index contributed by atoms with van der Waals surface area (Å²) in [6, 6.07) is 3.30. The molecule has 1 aliphatic rings. The predicted octanol–water partition coefficient (Wildman–Crippen LogP) is 1.75. The molecule has 0 saturated carbocycles. The molecule has 2 heterocycles. The van der Waals surface area contributed by atoms with Gasteiger partial charge in [0.15, 0.2) is 0 Å². The molecule has 1 fully saturated rings. The van der Waals surface area contributed by atoms with E-state index < -0.39 is 17.4 Å². The third-order valence-corrected chi connectivity index (χ3v) is 3.65. The second kappa shape index (κ2) is 5.70. The molecular weight excluding hydrogens is 300 g/mol. The van der Waals surface area contributed by atoms with E-state index in [1.165, 1.54) is 29.5 Å². The van der Waals surface area contributed by atoms with Crippen molar-refractivity contribution < 1.29 is 18.3 Å². The molecule has 0 aliphatic carbocycles. The molecule has 0 amide bonds. The van der Waals surface area contributed by atoms with Crippen LogP contribution in [0.1, 0.15) is 5.56 Å². The van der Waals surface area contributed by atoms with Crippen LogP contribution in [0.4, 0.5) is 8.78 Å². The number of nitrogens with zero attached hydrogens (tertiary/aromatic N) is 3. The zero-order valence-corrected chi connectivity index (χ0v) is 11.8. The topological polar surface area (TPSA) is 49.2 Å². The Balaban J connectivity index is 1.99. The highest BCUT2D eigenvalue weighted by Crippen LogP contribution is 2.37. The summed E-state index contributed by atoms with van der Waals surface area (Å²) in [6.45, 7) is 0.384. The fourth-order valence-corrected chi connectivity index (χ4v) is 2.47. The van der Waals surface area contributed by atoms with Gasteiger partial charge in [0.25, 0.3) is 0 Å². The first-order valence-electron chi connectivity index (χ1n) is 6.33. The summed E-state index contributed by atoms with van der Waals surface area (Å²) < 4.78 is 40.3. The number of aromatic nitrogens is 3. The van der Waals surface area contributed by atoms with Crippen LogP contribution in [-0.2, 0) is 21.8 Å². The summed E-state index contributed by atoms with van der Waals surface area (Å²) in [5.74, 6) is -2.31. The van der Waals surface area contributed by atoms with E-state index in [0.717, 1.165) is 6.07 Å². The second-order valence-corrected chi connectivity index (χ2v) is 5.07. The van der Waals surface area contributed by atoms with Crippen LogP contribution in [-0.4, -0.2) is 33.2 Å². The minimum absolute atomic E-state index is 0.111. The number of ether oxygens (including phenoxy) is 2. The van der Waals surface area contributed by atoms with Crippen molar-refractivity contribution in [3.05, 3.63) is 48.1 Å². The van der Waals surface area contributed by atoms with Crippen molar-refractivity contribution in [3.8, 4) is 0 Å². The molecule has 3 rings (SSSR count). The third kappa shape index (κ3) is 2.78. The SMILES string of the molecule is Fc1ccc(C2(Cn3cncn3)OCC(CS)O2)c(F)c1. The number of halogens is 2. The van der Waals surface area contributed by atoms with Crippen molar-refractivity contribution >= 4 is 12.6 Å². The average Bonchev–Trinajstić information content (AvgIpc) is 3.09. The Bertz CT molecular complexity index is 626. The first-order valence-corrected chi connectivity index (χ1v) is 6.97. The standard InChI is InChI=1S/C13H13F2N3O2S/c14-9-1-2-11(12(15)3-9)13(6-18-8-16-7-17-18)19-4-10(5-21)20-13/h1-3,7-8,10,21H,4-6H2. The lowest BCUT2D eigenvalue weighted by Gasteiger charge is -2.28. The van der Waals surface area contributed by atoms with E-state index in [0.29, 0.717) is 5.75 Å². The molecular formula is C13H13F2N3O2S. The Labute approximate surface area is 125 Å². The number of benzene rings is 1. The van der Waals surface area contributed by atoms with Gasteiger partial charge < -0.3 is 9.47 Å². The van der Waals surface area contributed by atoms with Crippen molar-refractivity contribution in [2.75, 3.05) is 12.4 Å². The van der Waals surface area contributed by atoms with E-state index in [4.69, 9.17) is 9.47 Å². The van der Waals surface area contributed by atoms with Crippen molar-refractivity contribution in [1.82, 2.24) is 14.8 Å². The lowest BCUT2D eigenvalue weighted by atomic mass is 10.0. The fraction of sp³-hybridized carbons (Fsp3) is 0.385. The van der Waals surface area contributed by atoms with Gasteiger partial charge in [0.1, 0.15) is 30.8 Å². The zero-order valence-electron chi connectivity index (χ0n) is 10.9. The van der Waals surface area contributed by atoms with E-state index >= 15 is 0 Å². The molecule has 1 aromatic heterocycles. The van der Waals surface area contributed by atoms with Crippen LogP contribution >= 0.6 is 12.6 Å². The summed E-state index contributed by atoms with van der Waals surface area (Å²) in [6.07, 6.45) is 2.56. The summed E-state index contributed by atoms with van der Waals surface area (Å²) in [4.78, 5) is 3.84. The summed E-state index contributed by atoms with van der Waals surface area (Å²) in [5, 5.41) is 3.98. The Morgan fingerprint density at radius 2 is 2.29 bits per heavy atom. The van der Waals surface area contributed by atoms with E-state index in [9.17, 15) is 8.78 Å². The maximum absolute atomic E-state index is 14.1. The molecule has 1 saturated heterocycles. The first-order chi connectivity index (χ1) is 10.1. The average molecular weight is 313 g/mol. The maximum atomic E-state index is 14.1. The highest BCUT2D eigenvalue weighted by atomic mass is 32.1. The molecule has 2 atom stereocenters. The molecule has 21 heavy (non-hydrogen) atoms. The molecule has 112 valence electrons. The number of hydrogen-bond acceptors (Lipinski definition) is 5. The van der Waals surface area contributed by atoms with Gasteiger partial charge in [0.05, 0.1) is 12.7 Å². The Morgan fingerprint density at radius 3 is 2.90 bits per heavy atom. The van der Waals surface area contributed by atoms with Gasteiger partial charge in [-0.3, -0.25) is 0 Å². The minimum atomic E-state index is -1.36. The zero-order chi connectivity index (χ0) is 14.9. The van der Waals surface area contributed by atoms with Crippen molar-refractivity contribution in [2.45, 2.75) is 18.4 Å². The quantitative estimate of drug-likeness (QED) is 0.874. The van der Waals surface area contributed by atoms with Crippen LogP contribution in [0.2, 0.25) is 0 Å². The third-order valence-electron chi connectivity index (χ3n) is 3.24. The number of rotatable bonds is 4. The molecule has 5 nitrogen and oxygen atoms in total. The predicted molar refractivity (Wildman–Crippen MR) is 72.7 cm³/mol. The van der Waals surface area contributed by atoms with Crippen LogP contribution in [0.5, 0.6) is 0 Å². The maximum Gasteiger partial charge on any atom is 0.218 e. The molecule has 1 aliphatic heterocycles. The van der Waals surface area contributed by atoms with Crippen molar-refractivity contribution in [1.29, 1.82) is 0 Å². The lowest BCUT2D eigenvalue weighted by molar-refractivity contribution is -0.188. The van der Waals surface area contributed by atoms with Gasteiger partial charge in [-0.25, -0.2) is 18.4 Å². The highest BCUT2D eigenvalue weighted by Gasteiger charge is 2.45. The monoisotopic (exact) mass is 313 g/mol. The van der Waals surface area contributed by atoms with Crippen LogP contribution in [0.25, 0.3) is 0 Å². The molecule has 0 N–H and O–H groups in total. The highest BCUT2D eigenvalue weighted by molar-refractivity contribution is 7.80. The van der Waals surface area contributed by atoms with Crippen LogP contribution in [0, 0.1) is 11.6 Å². The minimum Gasteiger partial charge on any atom is -0.342 e. The Kier molecular flexibility index (Phi) is 3.92. The largest absolute Gasteiger partial charge is 0.342 e. The van der Waals surface area contributed by atoms with E-state index in [2.05, 4.69) is 22.7 Å². The summed E-state index contributed by atoms with van der Waals surface area (Å²) in [5.41, 5.74) is 0.128. The lowest BCUT2D eigenvalue weighted by Crippen LogP contribution is -2.35. The summed E-state index contributed by atoms with van der Waals surface area (Å²) in [7, 11) is 0. The number of hydrogen-bond donors (Lipinski definition) is 1. The van der Waals surface area contributed by atoms with Gasteiger partial charge in [0, 0.05) is 17.4 Å². The van der Waals surface area contributed by atoms with Crippen molar-refractivity contribution in [3.63, 3.8) is 0 Å². The normalized spacial score (nSPS) is 25.4. The van der Waals surface area contributed by atoms with Gasteiger partial charge in [-0.1, -0.05) is 0 Å². The van der Waals surface area contributed by atoms with Gasteiger partial charge in [-0.2, -0.15) is 17.7 Å². The smallest absolute Gasteiger partial charge is 0.218 e. The molecule has 2 unspecified atom stereocenters. The molecule has 0 bridgehead atoms. The van der Waals surface area contributed by atoms with E-state index in [1.807, 2.05) is 0 Å². The molecule has 0 spiro atoms. The first kappa shape index (κ1) is 14.4. The fourth-order valence-electron chi connectivity index (χ4n) is 2.29. The van der Waals surface area contributed by atoms with E-state index in [1.54, 1.807) is 0 Å². The molecule has 1 aromatic carbocycles. The summed E-state index contributed by atoms with van der Waals surface area (Å²) >= 11 is 4.17.